The monoisotopic (exact) mass is 467 g/mol. The fourth-order valence-corrected chi connectivity index (χ4v) is 4.83. The molecule has 32 heavy (non-hydrogen) atoms. The Balaban J connectivity index is 1.79. The Morgan fingerprint density at radius 1 is 1.03 bits per heavy atom. The van der Waals surface area contributed by atoms with Crippen LogP contribution in [0.5, 0.6) is 11.5 Å². The highest BCUT2D eigenvalue weighted by Crippen LogP contribution is 2.38. The molecule has 0 saturated carbocycles. The number of anilines is 1. The van der Waals surface area contributed by atoms with Crippen molar-refractivity contribution in [1.29, 1.82) is 0 Å². The van der Waals surface area contributed by atoms with Crippen LogP contribution in [0.2, 0.25) is 0 Å². The van der Waals surface area contributed by atoms with E-state index in [0.29, 0.717) is 37.7 Å². The number of hydrogen-bond donors (Lipinski definition) is 0. The van der Waals surface area contributed by atoms with Crippen LogP contribution < -0.4 is 19.9 Å². The molecule has 0 N–H and O–H groups in total. The van der Waals surface area contributed by atoms with Crippen LogP contribution in [0.25, 0.3) is 11.8 Å². The molecule has 0 unspecified atom stereocenters. The molecule has 1 fully saturated rings. The van der Waals surface area contributed by atoms with E-state index in [1.54, 1.807) is 57.1 Å². The van der Waals surface area contributed by atoms with E-state index in [1.807, 2.05) is 30.3 Å². The van der Waals surface area contributed by atoms with E-state index >= 15 is 0 Å². The van der Waals surface area contributed by atoms with Crippen LogP contribution in [-0.2, 0) is 11.8 Å². The summed E-state index contributed by atoms with van der Waals surface area (Å²) < 4.78 is 14.2. The van der Waals surface area contributed by atoms with Gasteiger partial charge >= 0.3 is 0 Å². The minimum atomic E-state index is -0.351. The van der Waals surface area contributed by atoms with Gasteiger partial charge in [0, 0.05) is 12.6 Å². The Kier molecular flexibility index (Phi) is 5.94. The molecule has 0 spiro atoms. The Morgan fingerprint density at radius 3 is 2.41 bits per heavy atom. The lowest BCUT2D eigenvalue weighted by Gasteiger charge is -2.12. The molecule has 1 aromatic heterocycles. The fraction of sp³-hybridized carbons (Fsp3) is 0.174. The van der Waals surface area contributed by atoms with Gasteiger partial charge in [0.1, 0.15) is 17.2 Å². The maximum Gasteiger partial charge on any atom is 0.296 e. The van der Waals surface area contributed by atoms with Crippen molar-refractivity contribution in [2.45, 2.75) is 6.92 Å². The van der Waals surface area contributed by atoms with E-state index in [9.17, 15) is 9.59 Å². The van der Waals surface area contributed by atoms with Crippen molar-refractivity contribution >= 4 is 46.0 Å². The topological polar surface area (TPSA) is 65.7 Å². The van der Waals surface area contributed by atoms with Gasteiger partial charge in [0.15, 0.2) is 4.32 Å². The molecule has 2 heterocycles. The summed E-state index contributed by atoms with van der Waals surface area (Å²) in [6, 6.07) is 14.6. The molecule has 3 aromatic rings. The van der Waals surface area contributed by atoms with Crippen molar-refractivity contribution < 1.29 is 14.3 Å². The molecular weight excluding hydrogens is 446 g/mol. The highest BCUT2D eigenvalue weighted by Gasteiger charge is 2.37. The lowest BCUT2D eigenvalue weighted by molar-refractivity contribution is -0.113. The van der Waals surface area contributed by atoms with Gasteiger partial charge < -0.3 is 9.47 Å². The minimum Gasteiger partial charge on any atom is -0.497 e. The van der Waals surface area contributed by atoms with Crippen molar-refractivity contribution in [3.05, 3.63) is 75.0 Å². The van der Waals surface area contributed by atoms with Crippen molar-refractivity contribution in [1.82, 2.24) is 9.36 Å². The second kappa shape index (κ2) is 8.68. The Labute approximate surface area is 194 Å². The van der Waals surface area contributed by atoms with Crippen LogP contribution in [0.15, 0.2) is 58.2 Å². The van der Waals surface area contributed by atoms with Gasteiger partial charge in [-0.15, -0.1) is 0 Å². The van der Waals surface area contributed by atoms with Gasteiger partial charge in [-0.1, -0.05) is 42.2 Å². The van der Waals surface area contributed by atoms with Crippen LogP contribution >= 0.6 is 24.0 Å². The molecule has 9 heteroatoms. The summed E-state index contributed by atoms with van der Waals surface area (Å²) in [7, 11) is 4.91. The zero-order valence-electron chi connectivity index (χ0n) is 18.0. The molecule has 1 amide bonds. The second-order valence-electron chi connectivity index (χ2n) is 7.04. The number of carbonyl (C=O) groups excluding carboxylic acids is 1. The third-order valence-corrected chi connectivity index (χ3v) is 6.57. The maximum atomic E-state index is 13.4. The number of hydrogen-bond acceptors (Lipinski definition) is 6. The Morgan fingerprint density at radius 2 is 1.75 bits per heavy atom. The van der Waals surface area contributed by atoms with Crippen molar-refractivity contribution in [3.63, 3.8) is 0 Å². The van der Waals surface area contributed by atoms with Gasteiger partial charge in [0.05, 0.1) is 30.5 Å². The number of benzene rings is 2. The summed E-state index contributed by atoms with van der Waals surface area (Å²) in [6.45, 7) is 1.80. The number of thioether (sulfide) groups is 1. The van der Waals surface area contributed by atoms with Crippen LogP contribution in [0.1, 0.15) is 11.3 Å². The van der Waals surface area contributed by atoms with E-state index in [1.165, 1.54) is 9.58 Å². The summed E-state index contributed by atoms with van der Waals surface area (Å²) in [5, 5.41) is 0. The Hall–Kier alpha value is -3.30. The first-order valence-electron chi connectivity index (χ1n) is 9.71. The number of carbonyl (C=O) groups is 1. The van der Waals surface area contributed by atoms with E-state index < -0.39 is 0 Å². The van der Waals surface area contributed by atoms with Gasteiger partial charge in [0.2, 0.25) is 0 Å². The highest BCUT2D eigenvalue weighted by atomic mass is 32.2. The third kappa shape index (κ3) is 3.63. The second-order valence-corrected chi connectivity index (χ2v) is 8.71. The predicted octanol–water partition coefficient (Wildman–Crippen LogP) is 3.91. The van der Waals surface area contributed by atoms with Gasteiger partial charge in [-0.3, -0.25) is 19.2 Å². The first kappa shape index (κ1) is 21.9. The van der Waals surface area contributed by atoms with E-state index in [0.717, 1.165) is 11.8 Å². The lowest BCUT2D eigenvalue weighted by Crippen LogP contribution is -2.33. The average molecular weight is 468 g/mol. The van der Waals surface area contributed by atoms with Gasteiger partial charge in [-0.2, -0.15) is 0 Å². The Bertz CT molecular complexity index is 1310. The van der Waals surface area contributed by atoms with E-state index in [-0.39, 0.29) is 17.2 Å². The highest BCUT2D eigenvalue weighted by molar-refractivity contribution is 8.27. The molecule has 7 nitrogen and oxygen atoms in total. The summed E-state index contributed by atoms with van der Waals surface area (Å²) in [5.41, 5.74) is 1.96. The SMILES string of the molecule is COc1ccc(OC)c(/C=C2/SC(=S)N(c3c(C)n(C)n(-c4ccccc4)c3=O)C2=O)c1. The zero-order valence-corrected chi connectivity index (χ0v) is 19.6. The van der Waals surface area contributed by atoms with Crippen LogP contribution in [0.4, 0.5) is 5.69 Å². The molecule has 0 radical (unpaired) electrons. The van der Waals surface area contributed by atoms with E-state index in [2.05, 4.69) is 0 Å². The molecule has 1 aliphatic heterocycles. The summed E-state index contributed by atoms with van der Waals surface area (Å²) in [5.74, 6) is 0.881. The summed E-state index contributed by atoms with van der Waals surface area (Å²) in [6.07, 6.45) is 1.70. The zero-order chi connectivity index (χ0) is 23.0. The molecular formula is C23H21N3O4S2. The maximum absolute atomic E-state index is 13.4. The van der Waals surface area contributed by atoms with Crippen molar-refractivity contribution in [3.8, 4) is 17.2 Å². The van der Waals surface area contributed by atoms with Crippen LogP contribution in [0.3, 0.4) is 0 Å². The quantitative estimate of drug-likeness (QED) is 0.419. The number of ether oxygens (including phenoxy) is 2. The molecule has 0 bridgehead atoms. The molecule has 164 valence electrons. The molecule has 1 aliphatic rings. The molecule has 1 saturated heterocycles. The predicted molar refractivity (Wildman–Crippen MR) is 131 cm³/mol. The standard InChI is InChI=1S/C23H21N3O4S2/c1-14-20(22(28)26(24(14)2)16-8-6-5-7-9-16)25-21(27)19(32-23(25)31)13-15-12-17(29-3)10-11-18(15)30-4/h5-13H,1-4H3/b19-13+. The first-order chi connectivity index (χ1) is 15.4. The molecule has 2 aromatic carbocycles. The van der Waals surface area contributed by atoms with Gasteiger partial charge in [-0.25, -0.2) is 4.68 Å². The smallest absolute Gasteiger partial charge is 0.296 e. The van der Waals surface area contributed by atoms with Crippen molar-refractivity contribution in [2.75, 3.05) is 19.1 Å². The van der Waals surface area contributed by atoms with Crippen molar-refractivity contribution in [2.24, 2.45) is 7.05 Å². The first-order valence-corrected chi connectivity index (χ1v) is 10.9. The number of para-hydroxylation sites is 1. The normalized spacial score (nSPS) is 15.0. The largest absolute Gasteiger partial charge is 0.497 e. The number of methoxy groups -OCH3 is 2. The van der Waals surface area contributed by atoms with Crippen LogP contribution in [0, 0.1) is 6.92 Å². The number of nitrogens with zero attached hydrogens (tertiary/aromatic N) is 3. The number of amides is 1. The van der Waals surface area contributed by atoms with E-state index in [4.69, 9.17) is 21.7 Å². The lowest BCUT2D eigenvalue weighted by atomic mass is 10.1. The van der Waals surface area contributed by atoms with Gasteiger partial charge in [0.25, 0.3) is 11.5 Å². The number of rotatable bonds is 5. The molecule has 0 atom stereocenters. The van der Waals surface area contributed by atoms with Crippen LogP contribution in [-0.4, -0.2) is 33.8 Å². The summed E-state index contributed by atoms with van der Waals surface area (Å²) >= 11 is 6.65. The molecule has 0 aliphatic carbocycles. The van der Waals surface area contributed by atoms with Gasteiger partial charge in [-0.05, 0) is 43.3 Å². The number of aromatic nitrogens is 2. The minimum absolute atomic E-state index is 0.250. The molecule has 4 rings (SSSR count). The summed E-state index contributed by atoms with van der Waals surface area (Å²) in [4.78, 5) is 28.4. The number of thiocarbonyl (C=S) groups is 1. The third-order valence-electron chi connectivity index (χ3n) is 5.26. The average Bonchev–Trinajstić information content (AvgIpc) is 3.19. The fourth-order valence-electron chi connectivity index (χ4n) is 3.57.